The molecule has 0 fully saturated rings. The average molecular weight is 314 g/mol. The molecule has 4 nitrogen and oxygen atoms in total. The molecule has 3 rings (SSSR count). The highest BCUT2D eigenvalue weighted by Gasteiger charge is 2.07. The van der Waals surface area contributed by atoms with Gasteiger partial charge in [0.2, 0.25) is 0 Å². The second-order valence-electron chi connectivity index (χ2n) is 5.02. The van der Waals surface area contributed by atoms with Crippen molar-refractivity contribution in [2.45, 2.75) is 0 Å². The molecule has 0 bridgehead atoms. The number of rotatable bonds is 2. The van der Waals surface area contributed by atoms with Crippen LogP contribution in [0.3, 0.4) is 0 Å². The summed E-state index contributed by atoms with van der Waals surface area (Å²) in [6.07, 6.45) is 6.65. The Bertz CT molecular complexity index is 908. The molecule has 2 heterocycles. The van der Waals surface area contributed by atoms with Gasteiger partial charge >= 0.3 is 5.97 Å². The minimum Gasteiger partial charge on any atom is -0.465 e. The van der Waals surface area contributed by atoms with E-state index >= 15 is 0 Å². The highest BCUT2D eigenvalue weighted by atomic mass is 16.5. The molecule has 0 amide bonds. The summed E-state index contributed by atoms with van der Waals surface area (Å²) in [5.41, 5.74) is 4.01. The van der Waals surface area contributed by atoms with Gasteiger partial charge in [0.25, 0.3) is 0 Å². The molecule has 0 aliphatic heterocycles. The minimum atomic E-state index is -0.400. The third-order valence-electron chi connectivity index (χ3n) is 3.39. The van der Waals surface area contributed by atoms with Crippen LogP contribution in [-0.2, 0) is 4.74 Å². The molecule has 0 atom stereocenters. The first-order valence-corrected chi connectivity index (χ1v) is 7.32. The van der Waals surface area contributed by atoms with Gasteiger partial charge < -0.3 is 4.74 Å². The Morgan fingerprint density at radius 1 is 0.917 bits per heavy atom. The van der Waals surface area contributed by atoms with Crippen LogP contribution >= 0.6 is 0 Å². The summed E-state index contributed by atoms with van der Waals surface area (Å²) in [6, 6.07) is 13.3. The van der Waals surface area contributed by atoms with Crippen LogP contribution in [0.2, 0.25) is 0 Å². The molecule has 0 radical (unpaired) electrons. The fourth-order valence-corrected chi connectivity index (χ4v) is 2.15. The van der Waals surface area contributed by atoms with Crippen molar-refractivity contribution in [3.63, 3.8) is 0 Å². The lowest BCUT2D eigenvalue weighted by atomic mass is 10.0. The zero-order valence-electron chi connectivity index (χ0n) is 13.1. The molecule has 2 aromatic heterocycles. The van der Waals surface area contributed by atoms with Crippen molar-refractivity contribution in [3.8, 4) is 23.0 Å². The van der Waals surface area contributed by atoms with Crippen LogP contribution in [0.1, 0.15) is 21.5 Å². The van der Waals surface area contributed by atoms with E-state index in [0.717, 1.165) is 22.3 Å². The molecule has 0 aliphatic rings. The fraction of sp³-hybridized carbons (Fsp3) is 0.0500. The van der Waals surface area contributed by atoms with E-state index in [2.05, 4.69) is 21.8 Å². The standard InChI is InChI=1S/C20H14N2O2/c1-24-20(23)19-11-18(13-22-14-19)17-8-6-15(7-9-17)4-5-16-3-2-10-21-12-16/h2-3,6-14H,1H3. The summed E-state index contributed by atoms with van der Waals surface area (Å²) in [6.45, 7) is 0. The smallest absolute Gasteiger partial charge is 0.339 e. The highest BCUT2D eigenvalue weighted by Crippen LogP contribution is 2.20. The number of methoxy groups -OCH3 is 1. The van der Waals surface area contributed by atoms with Gasteiger partial charge in [-0.3, -0.25) is 9.97 Å². The second kappa shape index (κ2) is 7.21. The SMILES string of the molecule is COC(=O)c1cncc(-c2ccc(C#Cc3cccnc3)cc2)c1. The summed E-state index contributed by atoms with van der Waals surface area (Å²) in [4.78, 5) is 19.7. The van der Waals surface area contributed by atoms with Crippen molar-refractivity contribution in [1.82, 2.24) is 9.97 Å². The molecule has 24 heavy (non-hydrogen) atoms. The lowest BCUT2D eigenvalue weighted by Gasteiger charge is -2.04. The molecule has 0 aliphatic carbocycles. The molecular formula is C20H14N2O2. The lowest BCUT2D eigenvalue weighted by Crippen LogP contribution is -2.01. The number of nitrogens with zero attached hydrogens (tertiary/aromatic N) is 2. The molecular weight excluding hydrogens is 300 g/mol. The summed E-state index contributed by atoms with van der Waals surface area (Å²) in [5, 5.41) is 0. The van der Waals surface area contributed by atoms with Crippen molar-refractivity contribution in [2.75, 3.05) is 7.11 Å². The summed E-state index contributed by atoms with van der Waals surface area (Å²) >= 11 is 0. The molecule has 1 aromatic carbocycles. The molecule has 4 heteroatoms. The van der Waals surface area contributed by atoms with Crippen LogP contribution < -0.4 is 0 Å². The predicted molar refractivity (Wildman–Crippen MR) is 91.2 cm³/mol. The van der Waals surface area contributed by atoms with E-state index in [-0.39, 0.29) is 0 Å². The van der Waals surface area contributed by atoms with Gasteiger partial charge in [0.1, 0.15) is 0 Å². The average Bonchev–Trinajstić information content (AvgIpc) is 2.67. The minimum absolute atomic E-state index is 0.400. The number of aromatic nitrogens is 2. The zero-order valence-corrected chi connectivity index (χ0v) is 13.1. The predicted octanol–water partition coefficient (Wildman–Crippen LogP) is 3.33. The van der Waals surface area contributed by atoms with Crippen LogP contribution in [0.4, 0.5) is 0 Å². The number of pyridine rings is 2. The maximum Gasteiger partial charge on any atom is 0.339 e. The first-order valence-electron chi connectivity index (χ1n) is 7.32. The zero-order chi connectivity index (χ0) is 16.8. The van der Waals surface area contributed by atoms with Gasteiger partial charge in [-0.05, 0) is 35.9 Å². The Balaban J connectivity index is 1.83. The Hall–Kier alpha value is -3.45. The van der Waals surface area contributed by atoms with Crippen molar-refractivity contribution in [3.05, 3.63) is 83.9 Å². The Labute approximate surface area is 140 Å². The van der Waals surface area contributed by atoms with Crippen LogP contribution in [0.25, 0.3) is 11.1 Å². The largest absolute Gasteiger partial charge is 0.465 e. The third kappa shape index (κ3) is 3.65. The van der Waals surface area contributed by atoms with Gasteiger partial charge in [-0.1, -0.05) is 24.0 Å². The summed E-state index contributed by atoms with van der Waals surface area (Å²) in [7, 11) is 1.35. The van der Waals surface area contributed by atoms with E-state index in [0.29, 0.717) is 5.56 Å². The number of esters is 1. The topological polar surface area (TPSA) is 52.1 Å². The number of carbonyl (C=O) groups excluding carboxylic acids is 1. The van der Waals surface area contributed by atoms with Gasteiger partial charge in [-0.2, -0.15) is 0 Å². The van der Waals surface area contributed by atoms with Crippen LogP contribution in [0.15, 0.2) is 67.3 Å². The van der Waals surface area contributed by atoms with E-state index in [1.54, 1.807) is 24.7 Å². The summed E-state index contributed by atoms with van der Waals surface area (Å²) in [5.74, 6) is 5.76. The maximum atomic E-state index is 11.6. The van der Waals surface area contributed by atoms with E-state index in [1.807, 2.05) is 36.4 Å². The second-order valence-corrected chi connectivity index (χ2v) is 5.02. The quantitative estimate of drug-likeness (QED) is 0.538. The van der Waals surface area contributed by atoms with Gasteiger partial charge in [-0.15, -0.1) is 0 Å². The van der Waals surface area contributed by atoms with Gasteiger partial charge in [-0.25, -0.2) is 4.79 Å². The monoisotopic (exact) mass is 314 g/mol. The number of hydrogen-bond donors (Lipinski definition) is 0. The van der Waals surface area contributed by atoms with Crippen LogP contribution in [-0.4, -0.2) is 23.0 Å². The third-order valence-corrected chi connectivity index (χ3v) is 3.39. The first kappa shape index (κ1) is 15.4. The number of benzene rings is 1. The number of hydrogen-bond acceptors (Lipinski definition) is 4. The van der Waals surface area contributed by atoms with Gasteiger partial charge in [0.05, 0.1) is 12.7 Å². The van der Waals surface area contributed by atoms with Crippen molar-refractivity contribution in [1.29, 1.82) is 0 Å². The molecule has 0 N–H and O–H groups in total. The Morgan fingerprint density at radius 3 is 2.42 bits per heavy atom. The highest BCUT2D eigenvalue weighted by molar-refractivity contribution is 5.90. The summed E-state index contributed by atoms with van der Waals surface area (Å²) < 4.78 is 4.72. The van der Waals surface area contributed by atoms with E-state index in [4.69, 9.17) is 4.74 Å². The first-order chi connectivity index (χ1) is 11.8. The van der Waals surface area contributed by atoms with E-state index in [1.165, 1.54) is 13.3 Å². The van der Waals surface area contributed by atoms with Crippen molar-refractivity contribution < 1.29 is 9.53 Å². The maximum absolute atomic E-state index is 11.6. The van der Waals surface area contributed by atoms with Crippen LogP contribution in [0, 0.1) is 11.8 Å². The van der Waals surface area contributed by atoms with Crippen molar-refractivity contribution >= 4 is 5.97 Å². The number of ether oxygens (including phenoxy) is 1. The Kier molecular flexibility index (Phi) is 4.64. The van der Waals surface area contributed by atoms with Gasteiger partial charge in [0, 0.05) is 41.5 Å². The fourth-order valence-electron chi connectivity index (χ4n) is 2.15. The lowest BCUT2D eigenvalue weighted by molar-refractivity contribution is 0.0600. The molecule has 116 valence electrons. The number of carbonyl (C=O) groups is 1. The molecule has 3 aromatic rings. The van der Waals surface area contributed by atoms with Crippen molar-refractivity contribution in [2.24, 2.45) is 0 Å². The van der Waals surface area contributed by atoms with Crippen LogP contribution in [0.5, 0.6) is 0 Å². The molecule has 0 saturated carbocycles. The molecule has 0 unspecified atom stereocenters. The van der Waals surface area contributed by atoms with Gasteiger partial charge in [0.15, 0.2) is 0 Å². The molecule has 0 spiro atoms. The van der Waals surface area contributed by atoms with E-state index in [9.17, 15) is 4.79 Å². The molecule has 0 saturated heterocycles. The van der Waals surface area contributed by atoms with E-state index < -0.39 is 5.97 Å². The normalized spacial score (nSPS) is 9.71. The Morgan fingerprint density at radius 2 is 1.71 bits per heavy atom.